The molecular weight excluding hydrogens is 434 g/mol. The van der Waals surface area contributed by atoms with Gasteiger partial charge in [0, 0.05) is 23.6 Å². The number of nitrogens with one attached hydrogen (secondary N) is 1. The number of nitro groups is 1. The van der Waals surface area contributed by atoms with E-state index in [0.29, 0.717) is 11.3 Å². The third-order valence-corrected chi connectivity index (χ3v) is 5.97. The smallest absolute Gasteiger partial charge is 0.294 e. The van der Waals surface area contributed by atoms with Crippen LogP contribution in [0.4, 0.5) is 20.2 Å². The molecule has 0 atom stereocenters. The number of hydrogen-bond donors (Lipinski definition) is 1. The number of aromatic nitrogens is 2. The SMILES string of the molecule is CCc1cc(-c2ccc(C)s2)n(-c2ccc(NCc3cc(F)cc(F)c3)c([N+](=O)[O-])c2)n1. The number of benzene rings is 2. The van der Waals surface area contributed by atoms with E-state index in [1.165, 1.54) is 18.2 Å². The van der Waals surface area contributed by atoms with Gasteiger partial charge in [0.2, 0.25) is 0 Å². The minimum atomic E-state index is -0.701. The Morgan fingerprint density at radius 2 is 1.84 bits per heavy atom. The molecule has 164 valence electrons. The highest BCUT2D eigenvalue weighted by Gasteiger charge is 2.19. The zero-order valence-electron chi connectivity index (χ0n) is 17.4. The molecule has 1 N–H and O–H groups in total. The van der Waals surface area contributed by atoms with Crippen LogP contribution in [-0.2, 0) is 13.0 Å². The predicted octanol–water partition coefficient (Wildman–Crippen LogP) is 6.27. The number of nitrogens with zero attached hydrogens (tertiary/aromatic N) is 3. The molecule has 0 spiro atoms. The zero-order chi connectivity index (χ0) is 22.8. The number of rotatable bonds is 7. The Balaban J connectivity index is 1.69. The fourth-order valence-electron chi connectivity index (χ4n) is 3.41. The van der Waals surface area contributed by atoms with Crippen LogP contribution in [0.1, 0.15) is 23.1 Å². The van der Waals surface area contributed by atoms with Gasteiger partial charge in [-0.3, -0.25) is 10.1 Å². The van der Waals surface area contributed by atoms with E-state index in [2.05, 4.69) is 10.4 Å². The van der Waals surface area contributed by atoms with Crippen LogP contribution < -0.4 is 5.32 Å². The lowest BCUT2D eigenvalue weighted by atomic mass is 10.2. The Labute approximate surface area is 187 Å². The van der Waals surface area contributed by atoms with E-state index in [1.807, 2.05) is 32.0 Å². The quantitative estimate of drug-likeness (QED) is 0.264. The van der Waals surface area contributed by atoms with Gasteiger partial charge in [0.15, 0.2) is 0 Å². The summed E-state index contributed by atoms with van der Waals surface area (Å²) in [7, 11) is 0. The Morgan fingerprint density at radius 1 is 1.09 bits per heavy atom. The molecule has 9 heteroatoms. The topological polar surface area (TPSA) is 73.0 Å². The fourth-order valence-corrected chi connectivity index (χ4v) is 4.28. The Kier molecular flexibility index (Phi) is 6.00. The summed E-state index contributed by atoms with van der Waals surface area (Å²) in [5.74, 6) is -1.40. The van der Waals surface area contributed by atoms with Crippen LogP contribution in [0.5, 0.6) is 0 Å². The molecular formula is C23H20F2N4O2S. The molecule has 0 bridgehead atoms. The van der Waals surface area contributed by atoms with E-state index in [0.717, 1.165) is 33.6 Å². The van der Waals surface area contributed by atoms with Crippen LogP contribution in [0.15, 0.2) is 54.6 Å². The largest absolute Gasteiger partial charge is 0.375 e. The first-order valence-electron chi connectivity index (χ1n) is 9.97. The first-order chi connectivity index (χ1) is 15.3. The van der Waals surface area contributed by atoms with Crippen LogP contribution in [0.25, 0.3) is 16.3 Å². The normalized spacial score (nSPS) is 11.0. The van der Waals surface area contributed by atoms with Gasteiger partial charge in [0.25, 0.3) is 5.69 Å². The molecule has 0 saturated carbocycles. The maximum Gasteiger partial charge on any atom is 0.294 e. The highest BCUT2D eigenvalue weighted by atomic mass is 32.1. The van der Waals surface area contributed by atoms with Gasteiger partial charge in [-0.15, -0.1) is 11.3 Å². The highest BCUT2D eigenvalue weighted by molar-refractivity contribution is 7.15. The van der Waals surface area contributed by atoms with Gasteiger partial charge in [-0.05, 0) is 61.4 Å². The van der Waals surface area contributed by atoms with Crippen molar-refractivity contribution in [3.05, 3.63) is 92.5 Å². The van der Waals surface area contributed by atoms with Crippen LogP contribution >= 0.6 is 11.3 Å². The van der Waals surface area contributed by atoms with Gasteiger partial charge in [0.05, 0.1) is 26.9 Å². The van der Waals surface area contributed by atoms with Gasteiger partial charge < -0.3 is 5.32 Å². The van der Waals surface area contributed by atoms with Crippen LogP contribution in [0.3, 0.4) is 0 Å². The van der Waals surface area contributed by atoms with Crippen molar-refractivity contribution in [2.45, 2.75) is 26.8 Å². The van der Waals surface area contributed by atoms with Gasteiger partial charge in [0.1, 0.15) is 17.3 Å². The molecule has 0 unspecified atom stereocenters. The summed E-state index contributed by atoms with van der Waals surface area (Å²) in [6, 6.07) is 13.9. The molecule has 4 aromatic rings. The Hall–Kier alpha value is -3.59. The van der Waals surface area contributed by atoms with Crippen molar-refractivity contribution in [2.24, 2.45) is 0 Å². The van der Waals surface area contributed by atoms with Gasteiger partial charge in [-0.2, -0.15) is 5.10 Å². The minimum absolute atomic E-state index is 0.0380. The minimum Gasteiger partial charge on any atom is -0.375 e. The van der Waals surface area contributed by atoms with Crippen molar-refractivity contribution in [3.63, 3.8) is 0 Å². The first-order valence-corrected chi connectivity index (χ1v) is 10.8. The monoisotopic (exact) mass is 454 g/mol. The third-order valence-electron chi connectivity index (χ3n) is 4.94. The molecule has 0 aliphatic heterocycles. The van der Waals surface area contributed by atoms with Crippen molar-refractivity contribution < 1.29 is 13.7 Å². The van der Waals surface area contributed by atoms with Gasteiger partial charge in [-0.1, -0.05) is 6.92 Å². The maximum atomic E-state index is 13.4. The maximum absolute atomic E-state index is 13.4. The molecule has 0 fully saturated rings. The molecule has 2 aromatic carbocycles. The summed E-state index contributed by atoms with van der Waals surface area (Å²) >= 11 is 1.63. The van der Waals surface area contributed by atoms with E-state index < -0.39 is 16.6 Å². The number of thiophene rings is 1. The summed E-state index contributed by atoms with van der Waals surface area (Å²) < 4.78 is 28.6. The molecule has 4 rings (SSSR count). The number of halogens is 2. The predicted molar refractivity (Wildman–Crippen MR) is 121 cm³/mol. The summed E-state index contributed by atoms with van der Waals surface area (Å²) in [4.78, 5) is 13.5. The standard InChI is InChI=1S/C23H20F2N4O2S/c1-3-18-11-22(23-7-4-14(2)32-23)28(27-18)19-5-6-20(21(12-19)29(30)31)26-13-15-8-16(24)10-17(25)9-15/h4-12,26H,3,13H2,1-2H3. The summed E-state index contributed by atoms with van der Waals surface area (Å²) in [5, 5.41) is 19.3. The van der Waals surface area contributed by atoms with E-state index >= 15 is 0 Å². The lowest BCUT2D eigenvalue weighted by Gasteiger charge is -2.11. The molecule has 6 nitrogen and oxygen atoms in total. The van der Waals surface area contributed by atoms with Crippen LogP contribution in [0.2, 0.25) is 0 Å². The summed E-state index contributed by atoms with van der Waals surface area (Å²) in [6.07, 6.45) is 0.732. The van der Waals surface area contributed by atoms with E-state index in [1.54, 1.807) is 28.2 Å². The third kappa shape index (κ3) is 4.52. The second-order valence-electron chi connectivity index (χ2n) is 7.29. The zero-order valence-corrected chi connectivity index (χ0v) is 18.2. The number of hydrogen-bond acceptors (Lipinski definition) is 5. The van der Waals surface area contributed by atoms with Crippen molar-refractivity contribution >= 4 is 22.7 Å². The molecule has 0 amide bonds. The average Bonchev–Trinajstić information content (AvgIpc) is 3.37. The van der Waals surface area contributed by atoms with Crippen LogP contribution in [-0.4, -0.2) is 14.7 Å². The highest BCUT2D eigenvalue weighted by Crippen LogP contribution is 2.33. The summed E-state index contributed by atoms with van der Waals surface area (Å²) in [5.41, 5.74) is 2.74. The lowest BCUT2D eigenvalue weighted by molar-refractivity contribution is -0.383. The second-order valence-corrected chi connectivity index (χ2v) is 8.57. The molecule has 0 aliphatic carbocycles. The lowest BCUT2D eigenvalue weighted by Crippen LogP contribution is -2.05. The molecule has 0 aliphatic rings. The van der Waals surface area contributed by atoms with Gasteiger partial charge >= 0.3 is 0 Å². The number of anilines is 1. The average molecular weight is 455 g/mol. The van der Waals surface area contributed by atoms with Crippen molar-refractivity contribution in [1.82, 2.24) is 9.78 Å². The Bertz CT molecular complexity index is 1280. The van der Waals surface area contributed by atoms with E-state index in [4.69, 9.17) is 0 Å². The number of aryl methyl sites for hydroxylation is 2. The Morgan fingerprint density at radius 3 is 2.47 bits per heavy atom. The molecule has 32 heavy (non-hydrogen) atoms. The second kappa shape index (κ2) is 8.88. The van der Waals surface area contributed by atoms with Crippen LogP contribution in [0, 0.1) is 28.7 Å². The molecule has 0 radical (unpaired) electrons. The van der Waals surface area contributed by atoms with Crippen molar-refractivity contribution in [1.29, 1.82) is 0 Å². The molecule has 0 saturated heterocycles. The first kappa shape index (κ1) is 21.6. The van der Waals surface area contributed by atoms with Gasteiger partial charge in [-0.25, -0.2) is 13.5 Å². The number of nitro benzene ring substituents is 1. The summed E-state index contributed by atoms with van der Waals surface area (Å²) in [6.45, 7) is 4.06. The van der Waals surface area contributed by atoms with E-state index in [9.17, 15) is 18.9 Å². The molecule has 2 aromatic heterocycles. The van der Waals surface area contributed by atoms with Crippen molar-refractivity contribution in [3.8, 4) is 16.3 Å². The fraction of sp³-hybridized carbons (Fsp3) is 0.174. The van der Waals surface area contributed by atoms with Crippen molar-refractivity contribution in [2.75, 3.05) is 5.32 Å². The molecule has 2 heterocycles. The van der Waals surface area contributed by atoms with E-state index in [-0.39, 0.29) is 17.9 Å².